The summed E-state index contributed by atoms with van der Waals surface area (Å²) >= 11 is 0.690. The Balaban J connectivity index is 1.27. The number of thiophene rings is 1. The van der Waals surface area contributed by atoms with Gasteiger partial charge >= 0.3 is 6.18 Å². The van der Waals surface area contributed by atoms with Crippen molar-refractivity contribution in [3.05, 3.63) is 40.5 Å². The van der Waals surface area contributed by atoms with Gasteiger partial charge in [-0.3, -0.25) is 4.79 Å². The van der Waals surface area contributed by atoms with Crippen molar-refractivity contribution in [3.8, 4) is 10.6 Å². The van der Waals surface area contributed by atoms with Gasteiger partial charge < -0.3 is 20.4 Å². The van der Waals surface area contributed by atoms with Crippen LogP contribution in [0.25, 0.3) is 10.6 Å². The smallest absolute Gasteiger partial charge is 0.351 e. The predicted molar refractivity (Wildman–Crippen MR) is 146 cm³/mol. The second kappa shape index (κ2) is 9.36. The van der Waals surface area contributed by atoms with E-state index in [9.17, 15) is 26.4 Å². The van der Waals surface area contributed by atoms with Gasteiger partial charge in [0.25, 0.3) is 5.91 Å². The van der Waals surface area contributed by atoms with Crippen molar-refractivity contribution < 1.29 is 26.4 Å². The van der Waals surface area contributed by atoms with Crippen LogP contribution in [0.4, 0.5) is 30.6 Å². The van der Waals surface area contributed by atoms with E-state index in [4.69, 9.17) is 4.98 Å². The molecule has 3 fully saturated rings. The molecule has 1 aliphatic carbocycles. The molecular formula is C26H26F3N7O3S2. The Morgan fingerprint density at radius 1 is 1.20 bits per heavy atom. The highest BCUT2D eigenvalue weighted by molar-refractivity contribution is 7.91. The first-order valence-electron chi connectivity index (χ1n) is 13.3. The second-order valence-corrected chi connectivity index (χ2v) is 14.1. The Morgan fingerprint density at radius 2 is 2.00 bits per heavy atom. The minimum absolute atomic E-state index is 0.000679. The van der Waals surface area contributed by atoms with Gasteiger partial charge in [-0.25, -0.2) is 23.4 Å². The molecule has 0 unspecified atom stereocenters. The molecule has 0 radical (unpaired) electrons. The van der Waals surface area contributed by atoms with Crippen molar-refractivity contribution in [1.82, 2.24) is 25.2 Å². The van der Waals surface area contributed by atoms with Crippen LogP contribution in [-0.4, -0.2) is 78.7 Å². The number of fused-ring (bicyclic) bond motifs is 3. The van der Waals surface area contributed by atoms with Crippen LogP contribution in [0.2, 0.25) is 0 Å². The zero-order valence-electron chi connectivity index (χ0n) is 21.9. The number of piperazine rings is 1. The van der Waals surface area contributed by atoms with Crippen LogP contribution in [0.15, 0.2) is 29.3 Å². The molecule has 10 nitrogen and oxygen atoms in total. The molecule has 2 atom stereocenters. The first-order valence-corrected chi connectivity index (χ1v) is 15.8. The molecule has 0 aromatic carbocycles. The van der Waals surface area contributed by atoms with Crippen molar-refractivity contribution in [1.29, 1.82) is 0 Å². The zero-order chi connectivity index (χ0) is 28.7. The number of halogens is 3. The van der Waals surface area contributed by atoms with Crippen molar-refractivity contribution in [2.24, 2.45) is 0 Å². The lowest BCUT2D eigenvalue weighted by Crippen LogP contribution is -2.44. The number of anilines is 3. The summed E-state index contributed by atoms with van der Waals surface area (Å²) in [6.45, 7) is 1.81. The molecule has 1 saturated carbocycles. The Morgan fingerprint density at radius 3 is 2.68 bits per heavy atom. The summed E-state index contributed by atoms with van der Waals surface area (Å²) in [5.74, 6) is 0.176. The Hall–Kier alpha value is -3.30. The molecule has 1 amide bonds. The van der Waals surface area contributed by atoms with Gasteiger partial charge in [-0.1, -0.05) is 0 Å². The highest BCUT2D eigenvalue weighted by Gasteiger charge is 2.40. The normalized spacial score (nSPS) is 23.6. The third kappa shape index (κ3) is 4.73. The fraction of sp³-hybridized carbons (Fsp3) is 0.462. The number of rotatable bonds is 5. The highest BCUT2D eigenvalue weighted by atomic mass is 32.2. The second-order valence-electron chi connectivity index (χ2n) is 11.0. The number of aromatic nitrogens is 3. The summed E-state index contributed by atoms with van der Waals surface area (Å²) in [5, 5.41) is 6.55. The van der Waals surface area contributed by atoms with Crippen molar-refractivity contribution in [2.75, 3.05) is 42.7 Å². The average molecular weight is 606 g/mol. The summed E-state index contributed by atoms with van der Waals surface area (Å²) in [7, 11) is -2.41. The lowest BCUT2D eigenvalue weighted by atomic mass is 10.2. The molecule has 216 valence electrons. The van der Waals surface area contributed by atoms with Crippen molar-refractivity contribution >= 4 is 44.5 Å². The van der Waals surface area contributed by atoms with E-state index in [1.54, 1.807) is 0 Å². The number of pyridine rings is 1. The summed E-state index contributed by atoms with van der Waals surface area (Å²) in [6, 6.07) is 5.75. The summed E-state index contributed by atoms with van der Waals surface area (Å²) < 4.78 is 67.8. The minimum atomic E-state index is -4.80. The average Bonchev–Trinajstić information content (AvgIpc) is 3.34. The minimum Gasteiger partial charge on any atom is -0.351 e. The van der Waals surface area contributed by atoms with Crippen LogP contribution in [-0.2, 0) is 16.0 Å². The first-order chi connectivity index (χ1) is 19.5. The number of alkyl halides is 3. The van der Waals surface area contributed by atoms with Crippen LogP contribution < -0.4 is 15.5 Å². The number of sulfone groups is 1. The van der Waals surface area contributed by atoms with Crippen molar-refractivity contribution in [2.45, 2.75) is 48.3 Å². The van der Waals surface area contributed by atoms with Gasteiger partial charge in [0.2, 0.25) is 5.95 Å². The molecular weight excluding hydrogens is 579 g/mol. The van der Waals surface area contributed by atoms with E-state index in [2.05, 4.69) is 25.5 Å². The van der Waals surface area contributed by atoms with Gasteiger partial charge in [-0.05, 0) is 37.5 Å². The maximum Gasteiger partial charge on any atom is 0.420 e. The number of hydrogen-bond donors (Lipinski definition) is 2. The summed E-state index contributed by atoms with van der Waals surface area (Å²) in [6.07, 6.45) is -1.10. The Kier molecular flexibility index (Phi) is 6.07. The quantitative estimate of drug-likeness (QED) is 0.449. The third-order valence-corrected chi connectivity index (χ3v) is 11.0. The van der Waals surface area contributed by atoms with E-state index in [0.717, 1.165) is 49.9 Å². The van der Waals surface area contributed by atoms with Crippen LogP contribution in [0.3, 0.4) is 0 Å². The standard InChI is InChI=1S/C26H26F3N7O3S2/c1-35-6-7-41(38,39)19-9-18(40-23(19)24(35)37)22-16(26(27,28)29)11-31-25(34-22)32-17-4-5-20(33-21(17)13-2-3-13)36-12-14-8-15(36)10-30-14/h4-5,9,11,13-15,30H,2-3,6-8,10,12H2,1H3,(H,31,32,34)/t14-,15-/m1/s1. The van der Waals surface area contributed by atoms with Crippen LogP contribution >= 0.6 is 11.3 Å². The third-order valence-electron chi connectivity index (χ3n) is 8.07. The zero-order valence-corrected chi connectivity index (χ0v) is 23.5. The molecule has 41 heavy (non-hydrogen) atoms. The SMILES string of the molecule is CN1CCS(=O)(=O)c2cc(-c3nc(Nc4ccc(N5C[C@H]6C[C@@H]5CN6)nc4C4CC4)ncc3C(F)(F)F)sc2C1=O. The van der Waals surface area contributed by atoms with E-state index in [0.29, 0.717) is 35.3 Å². The van der Waals surface area contributed by atoms with Gasteiger partial charge in [0.1, 0.15) is 16.3 Å². The molecule has 7 rings (SSSR count). The molecule has 0 spiro atoms. The fourth-order valence-corrected chi connectivity index (χ4v) is 8.74. The Labute approximate surface area is 237 Å². The van der Waals surface area contributed by atoms with E-state index in [1.807, 2.05) is 12.1 Å². The van der Waals surface area contributed by atoms with Gasteiger partial charge in [0.15, 0.2) is 9.84 Å². The monoisotopic (exact) mass is 605 g/mol. The molecule has 3 aromatic heterocycles. The number of amides is 1. The van der Waals surface area contributed by atoms with Gasteiger partial charge in [-0.2, -0.15) is 13.2 Å². The van der Waals surface area contributed by atoms with Crippen LogP contribution in [0, 0.1) is 0 Å². The Bertz CT molecular complexity index is 1670. The predicted octanol–water partition coefficient (Wildman–Crippen LogP) is 3.65. The molecule has 6 heterocycles. The van der Waals surface area contributed by atoms with E-state index < -0.39 is 33.2 Å². The topological polar surface area (TPSA) is 120 Å². The number of carbonyl (C=O) groups excluding carboxylic acids is 1. The van der Waals surface area contributed by atoms with E-state index in [-0.39, 0.29) is 38.8 Å². The first kappa shape index (κ1) is 26.6. The van der Waals surface area contributed by atoms with Gasteiger partial charge in [0, 0.05) is 50.9 Å². The molecule has 4 aliphatic rings. The van der Waals surface area contributed by atoms with Gasteiger partial charge in [0.05, 0.1) is 32.6 Å². The fourth-order valence-electron chi connectivity index (χ4n) is 5.71. The van der Waals surface area contributed by atoms with E-state index >= 15 is 0 Å². The van der Waals surface area contributed by atoms with Gasteiger partial charge in [-0.15, -0.1) is 11.3 Å². The number of hydrogen-bond acceptors (Lipinski definition) is 10. The van der Waals surface area contributed by atoms with Crippen LogP contribution in [0.1, 0.15) is 46.1 Å². The molecule has 15 heteroatoms. The largest absolute Gasteiger partial charge is 0.420 e. The van der Waals surface area contributed by atoms with Crippen LogP contribution in [0.5, 0.6) is 0 Å². The number of nitrogens with one attached hydrogen (secondary N) is 2. The van der Waals surface area contributed by atoms with E-state index in [1.165, 1.54) is 11.9 Å². The number of nitrogens with zero attached hydrogens (tertiary/aromatic N) is 5. The number of carbonyl (C=O) groups is 1. The maximum atomic E-state index is 14.1. The summed E-state index contributed by atoms with van der Waals surface area (Å²) in [4.78, 5) is 29.0. The molecule has 2 saturated heterocycles. The molecule has 3 aromatic rings. The lowest BCUT2D eigenvalue weighted by molar-refractivity contribution is -0.137. The maximum absolute atomic E-state index is 14.1. The lowest BCUT2D eigenvalue weighted by Gasteiger charge is -2.29. The van der Waals surface area contributed by atoms with Crippen molar-refractivity contribution in [3.63, 3.8) is 0 Å². The molecule has 2 bridgehead atoms. The molecule has 2 N–H and O–H groups in total. The highest BCUT2D eigenvalue weighted by Crippen LogP contribution is 2.45. The summed E-state index contributed by atoms with van der Waals surface area (Å²) in [5.41, 5.74) is -0.167. The molecule has 3 aliphatic heterocycles.